The van der Waals surface area contributed by atoms with Crippen molar-refractivity contribution in [2.24, 2.45) is 0 Å². The third-order valence-electron chi connectivity index (χ3n) is 5.28. The number of hydrogen-bond acceptors (Lipinski definition) is 9. The minimum atomic E-state index is -0.428. The van der Waals surface area contributed by atoms with E-state index in [1.165, 1.54) is 11.8 Å². The minimum Gasteiger partial charge on any atom is -0.497 e. The Labute approximate surface area is 218 Å². The van der Waals surface area contributed by atoms with E-state index in [0.717, 1.165) is 18.5 Å². The molecule has 2 aromatic heterocycles. The highest BCUT2D eigenvalue weighted by molar-refractivity contribution is 7.98. The molecule has 190 valence electrons. The Balaban J connectivity index is 1.54. The molecule has 0 spiro atoms. The number of benzene rings is 2. The maximum Gasteiger partial charge on any atom is 0.338 e. The fourth-order valence-electron chi connectivity index (χ4n) is 3.30. The summed E-state index contributed by atoms with van der Waals surface area (Å²) in [6.07, 6.45) is 5.07. The van der Waals surface area contributed by atoms with Crippen LogP contribution in [0.25, 0.3) is 5.69 Å². The summed E-state index contributed by atoms with van der Waals surface area (Å²) in [7, 11) is 1.59. The minimum absolute atomic E-state index is 0.169. The van der Waals surface area contributed by atoms with Crippen LogP contribution < -0.4 is 10.1 Å². The molecule has 0 unspecified atom stereocenters. The molecule has 37 heavy (non-hydrogen) atoms. The molecule has 10 nitrogen and oxygen atoms in total. The molecule has 0 saturated heterocycles. The van der Waals surface area contributed by atoms with E-state index >= 15 is 0 Å². The Morgan fingerprint density at radius 2 is 1.76 bits per heavy atom. The first-order valence-corrected chi connectivity index (χ1v) is 12.6. The zero-order valence-electron chi connectivity index (χ0n) is 20.5. The number of ether oxygens (including phenoxy) is 2. The maximum atomic E-state index is 13.2. The molecule has 4 rings (SSSR count). The van der Waals surface area contributed by atoms with Gasteiger partial charge in [0.25, 0.3) is 5.91 Å². The van der Waals surface area contributed by atoms with Gasteiger partial charge < -0.3 is 14.8 Å². The van der Waals surface area contributed by atoms with Crippen LogP contribution in [0.5, 0.6) is 5.75 Å². The fraction of sp³-hybridized carbons (Fsp3) is 0.231. The van der Waals surface area contributed by atoms with Crippen molar-refractivity contribution >= 4 is 29.3 Å². The number of amides is 1. The molecule has 2 aromatic carbocycles. The SMILES string of the molecule is CCCCOC(=O)c1ccc(NC(=O)c2nnn(-c3ccc(OC)cc3)c2CSc2ncccn2)cc1. The van der Waals surface area contributed by atoms with Gasteiger partial charge in [0, 0.05) is 23.8 Å². The molecule has 0 fully saturated rings. The van der Waals surface area contributed by atoms with Gasteiger partial charge in [-0.15, -0.1) is 5.10 Å². The Morgan fingerprint density at radius 1 is 1.03 bits per heavy atom. The topological polar surface area (TPSA) is 121 Å². The quantitative estimate of drug-likeness (QED) is 0.132. The number of methoxy groups -OCH3 is 1. The number of rotatable bonds is 11. The molecular weight excluding hydrogens is 492 g/mol. The first-order valence-electron chi connectivity index (χ1n) is 11.7. The van der Waals surface area contributed by atoms with Crippen molar-refractivity contribution < 1.29 is 19.1 Å². The van der Waals surface area contributed by atoms with Crippen LogP contribution in [0, 0.1) is 0 Å². The van der Waals surface area contributed by atoms with Crippen molar-refractivity contribution in [1.29, 1.82) is 0 Å². The van der Waals surface area contributed by atoms with Crippen molar-refractivity contribution in [3.05, 3.63) is 83.9 Å². The van der Waals surface area contributed by atoms with Crippen LogP contribution in [0.4, 0.5) is 5.69 Å². The van der Waals surface area contributed by atoms with Gasteiger partial charge in [-0.05, 0) is 61.0 Å². The molecular formula is C26H26N6O4S. The smallest absolute Gasteiger partial charge is 0.338 e. The number of carbonyl (C=O) groups excluding carboxylic acids is 2. The van der Waals surface area contributed by atoms with Crippen molar-refractivity contribution in [3.8, 4) is 11.4 Å². The van der Waals surface area contributed by atoms with Gasteiger partial charge in [-0.1, -0.05) is 30.3 Å². The summed E-state index contributed by atoms with van der Waals surface area (Å²) in [5, 5.41) is 11.8. The van der Waals surface area contributed by atoms with E-state index in [-0.39, 0.29) is 5.69 Å². The number of carbonyl (C=O) groups is 2. The van der Waals surface area contributed by atoms with E-state index in [4.69, 9.17) is 9.47 Å². The lowest BCUT2D eigenvalue weighted by Gasteiger charge is -2.09. The average Bonchev–Trinajstić information content (AvgIpc) is 3.37. The lowest BCUT2D eigenvalue weighted by atomic mass is 10.2. The number of hydrogen-bond donors (Lipinski definition) is 1. The molecule has 0 aliphatic rings. The van der Waals surface area contributed by atoms with E-state index in [0.29, 0.717) is 40.2 Å². The predicted molar refractivity (Wildman–Crippen MR) is 139 cm³/mol. The van der Waals surface area contributed by atoms with Crippen LogP contribution in [-0.4, -0.2) is 50.6 Å². The van der Waals surface area contributed by atoms with Crippen molar-refractivity contribution in [3.63, 3.8) is 0 Å². The van der Waals surface area contributed by atoms with Gasteiger partial charge in [0.2, 0.25) is 0 Å². The van der Waals surface area contributed by atoms with Crippen LogP contribution in [0.15, 0.2) is 72.1 Å². The molecule has 0 atom stereocenters. The molecule has 0 aliphatic carbocycles. The van der Waals surface area contributed by atoms with E-state index in [1.807, 2.05) is 31.2 Å². The van der Waals surface area contributed by atoms with Crippen molar-refractivity contribution in [2.75, 3.05) is 19.0 Å². The van der Waals surface area contributed by atoms with Gasteiger partial charge in [0.05, 0.1) is 30.7 Å². The van der Waals surface area contributed by atoms with Crippen LogP contribution in [0.3, 0.4) is 0 Å². The van der Waals surface area contributed by atoms with E-state index in [1.54, 1.807) is 54.5 Å². The molecule has 11 heteroatoms. The van der Waals surface area contributed by atoms with Gasteiger partial charge in [-0.2, -0.15) is 0 Å². The highest BCUT2D eigenvalue weighted by Gasteiger charge is 2.22. The van der Waals surface area contributed by atoms with Gasteiger partial charge in [-0.25, -0.2) is 19.4 Å². The number of thioether (sulfide) groups is 1. The van der Waals surface area contributed by atoms with Crippen molar-refractivity contribution in [2.45, 2.75) is 30.7 Å². The maximum absolute atomic E-state index is 13.2. The molecule has 0 bridgehead atoms. The number of nitrogens with zero attached hydrogens (tertiary/aromatic N) is 5. The van der Waals surface area contributed by atoms with Crippen molar-refractivity contribution in [1.82, 2.24) is 25.0 Å². The largest absolute Gasteiger partial charge is 0.497 e. The zero-order chi connectivity index (χ0) is 26.0. The first kappa shape index (κ1) is 25.8. The summed E-state index contributed by atoms with van der Waals surface area (Å²) in [6, 6.07) is 15.5. The first-order chi connectivity index (χ1) is 18.1. The standard InChI is InChI=1S/C26H26N6O4S/c1-3-4-16-36-25(34)18-6-8-19(9-7-18)29-24(33)23-22(17-37-26-27-14-5-15-28-26)32(31-30-23)20-10-12-21(35-2)13-11-20/h5-15H,3-4,16-17H2,1-2H3,(H,29,33). The summed E-state index contributed by atoms with van der Waals surface area (Å²) >= 11 is 1.37. The van der Waals surface area contributed by atoms with Gasteiger partial charge >= 0.3 is 5.97 Å². The number of nitrogens with one attached hydrogen (secondary N) is 1. The molecule has 0 aliphatic heterocycles. The van der Waals surface area contributed by atoms with E-state index in [9.17, 15) is 9.59 Å². The van der Waals surface area contributed by atoms with E-state index < -0.39 is 11.9 Å². The highest BCUT2D eigenvalue weighted by atomic mass is 32.2. The molecule has 1 amide bonds. The van der Waals surface area contributed by atoms with Crippen LogP contribution >= 0.6 is 11.8 Å². The van der Waals surface area contributed by atoms with Crippen LogP contribution in [0.1, 0.15) is 46.3 Å². The number of aromatic nitrogens is 5. The molecule has 1 N–H and O–H groups in total. The normalized spacial score (nSPS) is 10.6. The van der Waals surface area contributed by atoms with Gasteiger partial charge in [0.15, 0.2) is 10.9 Å². The highest BCUT2D eigenvalue weighted by Crippen LogP contribution is 2.24. The number of unbranched alkanes of at least 4 members (excludes halogenated alkanes) is 1. The van der Waals surface area contributed by atoms with Crippen LogP contribution in [-0.2, 0) is 10.5 Å². The monoisotopic (exact) mass is 518 g/mol. The second-order valence-electron chi connectivity index (χ2n) is 7.84. The molecule has 0 radical (unpaired) electrons. The zero-order valence-corrected chi connectivity index (χ0v) is 21.3. The summed E-state index contributed by atoms with van der Waals surface area (Å²) in [5.74, 6) is 0.237. The predicted octanol–water partition coefficient (Wildman–Crippen LogP) is 4.57. The average molecular weight is 519 g/mol. The fourth-order valence-corrected chi connectivity index (χ4v) is 4.10. The third-order valence-corrected chi connectivity index (χ3v) is 6.17. The Morgan fingerprint density at radius 3 is 2.43 bits per heavy atom. The second-order valence-corrected chi connectivity index (χ2v) is 8.78. The number of esters is 1. The summed E-state index contributed by atoms with van der Waals surface area (Å²) in [4.78, 5) is 33.8. The Kier molecular flexibility index (Phi) is 8.82. The summed E-state index contributed by atoms with van der Waals surface area (Å²) < 4.78 is 12.1. The third kappa shape index (κ3) is 6.70. The number of anilines is 1. The molecule has 2 heterocycles. The summed E-state index contributed by atoms with van der Waals surface area (Å²) in [6.45, 7) is 2.41. The summed E-state index contributed by atoms with van der Waals surface area (Å²) in [5.41, 5.74) is 2.40. The second kappa shape index (κ2) is 12.6. The van der Waals surface area contributed by atoms with Gasteiger partial charge in [0.1, 0.15) is 5.75 Å². The molecule has 0 saturated carbocycles. The lowest BCUT2D eigenvalue weighted by Crippen LogP contribution is -2.15. The Hall–Kier alpha value is -4.25. The lowest BCUT2D eigenvalue weighted by molar-refractivity contribution is 0.0499. The van der Waals surface area contributed by atoms with E-state index in [2.05, 4.69) is 25.6 Å². The molecule has 4 aromatic rings. The van der Waals surface area contributed by atoms with Crippen LogP contribution in [0.2, 0.25) is 0 Å². The Bertz CT molecular complexity index is 1330. The van der Waals surface area contributed by atoms with Gasteiger partial charge in [-0.3, -0.25) is 4.79 Å².